The highest BCUT2D eigenvalue weighted by molar-refractivity contribution is 5.93. The fraction of sp³-hybridized carbons (Fsp3) is 0.385. The molecule has 0 fully saturated rings. The number of hydrogen-bond acceptors (Lipinski definition) is 4. The minimum atomic E-state index is -0.432. The fourth-order valence-electron chi connectivity index (χ4n) is 3.73. The molecule has 6 heteroatoms. The predicted molar refractivity (Wildman–Crippen MR) is 127 cm³/mol. The minimum absolute atomic E-state index is 0.0218. The molecule has 0 spiro atoms. The number of hydrogen-bond donors (Lipinski definition) is 1. The van der Waals surface area contributed by atoms with Crippen molar-refractivity contribution < 1.29 is 23.5 Å². The molecule has 0 unspecified atom stereocenters. The molecule has 0 aliphatic rings. The number of nitrogens with one attached hydrogen (secondary N) is 1. The van der Waals surface area contributed by atoms with Crippen LogP contribution in [-0.4, -0.2) is 42.6 Å². The van der Waals surface area contributed by atoms with Gasteiger partial charge in [-0.2, -0.15) is 0 Å². The standard InChI is InChI=1S/C26H32N2O4/c1-7-15-31-24-16-22(13-14-23(24)32-21(6)29)17-28(8-2,9-3)18-25(30)27-26-19(4)11-10-12-20(26)5/h1,10-14,16H,8-9,15,17-18H2,2-6H3/p+1. The summed E-state index contributed by atoms with van der Waals surface area (Å²) in [6.45, 7) is 12.1. The number of esters is 1. The Labute approximate surface area is 191 Å². The number of carbonyl (C=O) groups is 2. The summed E-state index contributed by atoms with van der Waals surface area (Å²) in [7, 11) is 0. The Hall–Kier alpha value is -3.30. The summed E-state index contributed by atoms with van der Waals surface area (Å²) < 4.78 is 11.4. The molecule has 170 valence electrons. The second-order valence-electron chi connectivity index (χ2n) is 7.97. The zero-order valence-electron chi connectivity index (χ0n) is 19.7. The first-order valence-electron chi connectivity index (χ1n) is 10.8. The number of aryl methyl sites for hydroxylation is 2. The van der Waals surface area contributed by atoms with Crippen molar-refractivity contribution in [2.45, 2.75) is 41.2 Å². The van der Waals surface area contributed by atoms with Gasteiger partial charge in [0.15, 0.2) is 18.0 Å². The average molecular weight is 438 g/mol. The third-order valence-electron chi connectivity index (χ3n) is 5.66. The Kier molecular flexibility index (Phi) is 8.86. The van der Waals surface area contributed by atoms with Crippen molar-refractivity contribution in [3.05, 3.63) is 53.1 Å². The average Bonchev–Trinajstić information content (AvgIpc) is 2.75. The Morgan fingerprint density at radius 3 is 2.28 bits per heavy atom. The molecule has 0 aliphatic heterocycles. The zero-order chi connectivity index (χ0) is 23.7. The normalized spacial score (nSPS) is 10.9. The van der Waals surface area contributed by atoms with Crippen molar-refractivity contribution in [3.63, 3.8) is 0 Å². The molecule has 2 aromatic rings. The Morgan fingerprint density at radius 2 is 1.72 bits per heavy atom. The van der Waals surface area contributed by atoms with Crippen LogP contribution in [0.1, 0.15) is 37.5 Å². The summed E-state index contributed by atoms with van der Waals surface area (Å²) in [5.41, 5.74) is 3.93. The van der Waals surface area contributed by atoms with Crippen LogP contribution in [0.15, 0.2) is 36.4 Å². The molecule has 2 rings (SSSR count). The van der Waals surface area contributed by atoms with Crippen LogP contribution in [0, 0.1) is 26.2 Å². The van der Waals surface area contributed by atoms with E-state index in [0.29, 0.717) is 29.1 Å². The number of nitrogens with zero attached hydrogens (tertiary/aromatic N) is 1. The molecule has 0 aromatic heterocycles. The molecule has 0 heterocycles. The highest BCUT2D eigenvalue weighted by atomic mass is 16.6. The summed E-state index contributed by atoms with van der Waals surface area (Å²) in [5, 5.41) is 3.10. The third-order valence-corrected chi connectivity index (χ3v) is 5.66. The van der Waals surface area contributed by atoms with Crippen molar-refractivity contribution in [2.75, 3.05) is 31.6 Å². The van der Waals surface area contributed by atoms with Crippen molar-refractivity contribution in [1.29, 1.82) is 0 Å². The summed E-state index contributed by atoms with van der Waals surface area (Å²) in [6.07, 6.45) is 5.32. The number of likely N-dealkylation sites (N-methyl/N-ethyl adjacent to an activating group) is 1. The second kappa shape index (κ2) is 11.4. The molecular formula is C26H33N2O4+. The van der Waals surface area contributed by atoms with Crippen molar-refractivity contribution >= 4 is 17.6 Å². The van der Waals surface area contributed by atoms with Gasteiger partial charge in [0, 0.05) is 18.2 Å². The molecule has 0 aliphatic carbocycles. The highest BCUT2D eigenvalue weighted by Crippen LogP contribution is 2.30. The number of rotatable bonds is 10. The summed E-state index contributed by atoms with van der Waals surface area (Å²) in [4.78, 5) is 24.4. The van der Waals surface area contributed by atoms with E-state index in [2.05, 4.69) is 25.1 Å². The van der Waals surface area contributed by atoms with Gasteiger partial charge in [-0.15, -0.1) is 6.42 Å². The largest absolute Gasteiger partial charge is 0.477 e. The van der Waals surface area contributed by atoms with Crippen LogP contribution in [0.25, 0.3) is 0 Å². The number of anilines is 1. The molecule has 0 radical (unpaired) electrons. The molecule has 1 N–H and O–H groups in total. The molecule has 0 saturated heterocycles. The van der Waals surface area contributed by atoms with Gasteiger partial charge >= 0.3 is 5.97 Å². The third kappa shape index (κ3) is 6.60. The van der Waals surface area contributed by atoms with E-state index in [9.17, 15) is 9.59 Å². The minimum Gasteiger partial charge on any atom is -0.477 e. The Bertz CT molecular complexity index is 983. The van der Waals surface area contributed by atoms with Crippen LogP contribution >= 0.6 is 0 Å². The van der Waals surface area contributed by atoms with Gasteiger partial charge in [0.1, 0.15) is 13.2 Å². The number of terminal acetylenes is 1. The maximum atomic E-state index is 13.0. The lowest BCUT2D eigenvalue weighted by Crippen LogP contribution is -2.51. The first-order chi connectivity index (χ1) is 15.2. The van der Waals surface area contributed by atoms with Crippen LogP contribution in [0.3, 0.4) is 0 Å². The summed E-state index contributed by atoms with van der Waals surface area (Å²) in [5.74, 6) is 2.72. The van der Waals surface area contributed by atoms with E-state index in [-0.39, 0.29) is 12.5 Å². The smallest absolute Gasteiger partial charge is 0.308 e. The maximum Gasteiger partial charge on any atom is 0.308 e. The fourth-order valence-corrected chi connectivity index (χ4v) is 3.73. The van der Waals surface area contributed by atoms with E-state index in [1.165, 1.54) is 6.92 Å². The SMILES string of the molecule is C#CCOc1cc(C[N+](CC)(CC)CC(=O)Nc2c(C)cccc2C)ccc1OC(C)=O. The zero-order valence-corrected chi connectivity index (χ0v) is 19.7. The van der Waals surface area contributed by atoms with Gasteiger partial charge in [-0.3, -0.25) is 9.59 Å². The molecule has 0 bridgehead atoms. The second-order valence-corrected chi connectivity index (χ2v) is 7.97. The van der Waals surface area contributed by atoms with Gasteiger partial charge in [0.05, 0.1) is 13.1 Å². The number of benzene rings is 2. The van der Waals surface area contributed by atoms with E-state index < -0.39 is 5.97 Å². The molecular weight excluding hydrogens is 404 g/mol. The van der Waals surface area contributed by atoms with Gasteiger partial charge in [-0.05, 0) is 57.0 Å². The predicted octanol–water partition coefficient (Wildman–Crippen LogP) is 4.24. The molecule has 1 amide bonds. The molecule has 0 saturated carbocycles. The number of carbonyl (C=O) groups excluding carboxylic acids is 2. The Balaban J connectivity index is 2.24. The van der Waals surface area contributed by atoms with E-state index in [1.807, 2.05) is 44.2 Å². The van der Waals surface area contributed by atoms with Crippen LogP contribution in [0.2, 0.25) is 0 Å². The van der Waals surface area contributed by atoms with Crippen LogP contribution in [-0.2, 0) is 16.1 Å². The molecule has 0 atom stereocenters. The van der Waals surface area contributed by atoms with Crippen LogP contribution in [0.4, 0.5) is 5.69 Å². The summed E-state index contributed by atoms with van der Waals surface area (Å²) in [6, 6.07) is 11.4. The number of para-hydroxylation sites is 1. The first kappa shape index (κ1) is 25.0. The van der Waals surface area contributed by atoms with Crippen LogP contribution < -0.4 is 14.8 Å². The summed E-state index contributed by atoms with van der Waals surface area (Å²) >= 11 is 0. The van der Waals surface area contributed by atoms with Gasteiger partial charge in [0.25, 0.3) is 5.91 Å². The van der Waals surface area contributed by atoms with Crippen molar-refractivity contribution in [3.8, 4) is 23.8 Å². The lowest BCUT2D eigenvalue weighted by molar-refractivity contribution is -0.930. The number of quaternary nitrogens is 1. The van der Waals surface area contributed by atoms with E-state index >= 15 is 0 Å². The maximum absolute atomic E-state index is 13.0. The lowest BCUT2D eigenvalue weighted by atomic mass is 10.1. The van der Waals surface area contributed by atoms with E-state index in [0.717, 1.165) is 35.5 Å². The molecule has 32 heavy (non-hydrogen) atoms. The van der Waals surface area contributed by atoms with E-state index in [1.54, 1.807) is 6.07 Å². The van der Waals surface area contributed by atoms with Crippen LogP contribution in [0.5, 0.6) is 11.5 Å². The van der Waals surface area contributed by atoms with Gasteiger partial charge in [0.2, 0.25) is 0 Å². The van der Waals surface area contributed by atoms with Crippen molar-refractivity contribution in [2.24, 2.45) is 0 Å². The van der Waals surface area contributed by atoms with E-state index in [4.69, 9.17) is 15.9 Å². The van der Waals surface area contributed by atoms with Crippen molar-refractivity contribution in [1.82, 2.24) is 0 Å². The molecule has 2 aromatic carbocycles. The highest BCUT2D eigenvalue weighted by Gasteiger charge is 2.28. The first-order valence-corrected chi connectivity index (χ1v) is 10.8. The topological polar surface area (TPSA) is 64.6 Å². The van der Waals surface area contributed by atoms with Gasteiger partial charge < -0.3 is 19.3 Å². The lowest BCUT2D eigenvalue weighted by Gasteiger charge is -2.36. The number of ether oxygens (including phenoxy) is 2. The Morgan fingerprint density at radius 1 is 1.06 bits per heavy atom. The van der Waals surface area contributed by atoms with Gasteiger partial charge in [-0.1, -0.05) is 24.1 Å². The monoisotopic (exact) mass is 437 g/mol. The molecule has 6 nitrogen and oxygen atoms in total. The quantitative estimate of drug-likeness (QED) is 0.261. The number of amides is 1. The van der Waals surface area contributed by atoms with Gasteiger partial charge in [-0.25, -0.2) is 0 Å².